The molecule has 1 saturated carbocycles. The van der Waals surface area contributed by atoms with Gasteiger partial charge in [-0.3, -0.25) is 9.78 Å². The molecule has 1 heterocycles. The average Bonchev–Trinajstić information content (AvgIpc) is 2.54. The van der Waals surface area contributed by atoms with Crippen molar-refractivity contribution in [1.29, 1.82) is 0 Å². The van der Waals surface area contributed by atoms with Gasteiger partial charge in [-0.15, -0.1) is 11.6 Å². The van der Waals surface area contributed by atoms with E-state index in [1.807, 2.05) is 24.3 Å². The topological polar surface area (TPSA) is 42.0 Å². The summed E-state index contributed by atoms with van der Waals surface area (Å²) in [6, 6.07) is 9.71. The van der Waals surface area contributed by atoms with Gasteiger partial charge in [0, 0.05) is 23.5 Å². The number of amides is 1. The van der Waals surface area contributed by atoms with Crippen LogP contribution in [0.15, 0.2) is 36.5 Å². The fourth-order valence-electron chi connectivity index (χ4n) is 3.12. The Morgan fingerprint density at radius 3 is 2.90 bits per heavy atom. The molecule has 1 N–H and O–H groups in total. The fraction of sp³-hybridized carbons (Fsp3) is 0.412. The van der Waals surface area contributed by atoms with Crippen LogP contribution < -0.4 is 5.32 Å². The van der Waals surface area contributed by atoms with E-state index in [9.17, 15) is 4.79 Å². The van der Waals surface area contributed by atoms with Crippen molar-refractivity contribution >= 4 is 28.4 Å². The maximum Gasteiger partial charge on any atom is 0.252 e. The van der Waals surface area contributed by atoms with Gasteiger partial charge >= 0.3 is 0 Å². The average molecular weight is 303 g/mol. The quantitative estimate of drug-likeness (QED) is 0.877. The van der Waals surface area contributed by atoms with Crippen molar-refractivity contribution in [3.05, 3.63) is 42.1 Å². The van der Waals surface area contributed by atoms with Crippen LogP contribution in [0.5, 0.6) is 0 Å². The fourth-order valence-corrected chi connectivity index (χ4v) is 3.49. The number of fused-ring (bicyclic) bond motifs is 1. The zero-order chi connectivity index (χ0) is 14.7. The zero-order valence-corrected chi connectivity index (χ0v) is 12.6. The van der Waals surface area contributed by atoms with Crippen LogP contribution in [0.1, 0.15) is 36.0 Å². The minimum absolute atomic E-state index is 0.0179. The van der Waals surface area contributed by atoms with Gasteiger partial charge in [0.25, 0.3) is 5.91 Å². The van der Waals surface area contributed by atoms with Crippen molar-refractivity contribution in [2.24, 2.45) is 5.92 Å². The summed E-state index contributed by atoms with van der Waals surface area (Å²) in [7, 11) is 0. The molecular weight excluding hydrogens is 284 g/mol. The highest BCUT2D eigenvalue weighted by Crippen LogP contribution is 2.26. The number of benzene rings is 1. The van der Waals surface area contributed by atoms with Crippen LogP contribution in [0.4, 0.5) is 0 Å². The van der Waals surface area contributed by atoms with Gasteiger partial charge in [0.15, 0.2) is 0 Å². The maximum absolute atomic E-state index is 12.6. The molecule has 1 aliphatic rings. The highest BCUT2D eigenvalue weighted by Gasteiger charge is 2.26. The molecule has 0 bridgehead atoms. The molecule has 2 atom stereocenters. The van der Waals surface area contributed by atoms with E-state index in [1.165, 1.54) is 6.42 Å². The van der Waals surface area contributed by atoms with Crippen molar-refractivity contribution in [1.82, 2.24) is 10.3 Å². The molecule has 2 aromatic rings. The Bertz CT molecular complexity index is 638. The summed E-state index contributed by atoms with van der Waals surface area (Å²) < 4.78 is 0. The van der Waals surface area contributed by atoms with Gasteiger partial charge in [-0.25, -0.2) is 0 Å². The molecule has 4 heteroatoms. The highest BCUT2D eigenvalue weighted by molar-refractivity contribution is 6.18. The minimum Gasteiger partial charge on any atom is -0.349 e. The highest BCUT2D eigenvalue weighted by atomic mass is 35.5. The second kappa shape index (κ2) is 6.44. The minimum atomic E-state index is -0.0179. The van der Waals surface area contributed by atoms with E-state index < -0.39 is 0 Å². The van der Waals surface area contributed by atoms with Crippen LogP contribution in [0.3, 0.4) is 0 Å². The molecule has 3 rings (SSSR count). The molecule has 1 aliphatic carbocycles. The van der Waals surface area contributed by atoms with Crippen molar-refractivity contribution in [2.45, 2.75) is 31.7 Å². The number of hydrogen-bond donors (Lipinski definition) is 1. The number of rotatable bonds is 3. The summed E-state index contributed by atoms with van der Waals surface area (Å²) in [5.41, 5.74) is 1.54. The lowest BCUT2D eigenvalue weighted by atomic mass is 9.85. The van der Waals surface area contributed by atoms with Crippen molar-refractivity contribution in [3.63, 3.8) is 0 Å². The summed E-state index contributed by atoms with van der Waals surface area (Å²) in [4.78, 5) is 16.9. The Balaban J connectivity index is 1.84. The lowest BCUT2D eigenvalue weighted by molar-refractivity contribution is 0.0913. The second-order valence-corrected chi connectivity index (χ2v) is 5.96. The number of hydrogen-bond acceptors (Lipinski definition) is 2. The molecule has 21 heavy (non-hydrogen) atoms. The third-order valence-electron chi connectivity index (χ3n) is 4.32. The maximum atomic E-state index is 12.6. The summed E-state index contributed by atoms with van der Waals surface area (Å²) in [5, 5.41) is 4.08. The summed E-state index contributed by atoms with van der Waals surface area (Å²) in [5.74, 6) is 0.982. The van der Waals surface area contributed by atoms with Crippen molar-refractivity contribution < 1.29 is 4.79 Å². The molecule has 1 fully saturated rings. The van der Waals surface area contributed by atoms with Gasteiger partial charge in [-0.05, 0) is 30.9 Å². The molecule has 3 nitrogen and oxygen atoms in total. The number of carbonyl (C=O) groups is 1. The number of carbonyl (C=O) groups excluding carboxylic acids is 1. The Morgan fingerprint density at radius 1 is 1.24 bits per heavy atom. The smallest absolute Gasteiger partial charge is 0.252 e. The molecule has 2 unspecified atom stereocenters. The molecule has 0 spiro atoms. The Labute approximate surface area is 129 Å². The number of para-hydroxylation sites is 1. The normalized spacial score (nSPS) is 22.1. The Kier molecular flexibility index (Phi) is 4.39. The van der Waals surface area contributed by atoms with Crippen LogP contribution >= 0.6 is 11.6 Å². The standard InChI is InChI=1S/C17H19ClN2O/c18-11-12-5-1-3-7-15(12)20-17(21)14-9-10-19-16-8-4-2-6-13(14)16/h2,4,6,8-10,12,15H,1,3,5,7,11H2,(H,20,21). The first-order valence-corrected chi connectivity index (χ1v) is 8.03. The van der Waals surface area contributed by atoms with Gasteiger partial charge in [0.1, 0.15) is 0 Å². The molecule has 1 aromatic carbocycles. The third-order valence-corrected chi connectivity index (χ3v) is 4.71. The predicted octanol–water partition coefficient (Wildman–Crippen LogP) is 3.76. The first-order valence-electron chi connectivity index (χ1n) is 7.50. The van der Waals surface area contributed by atoms with Gasteiger partial charge < -0.3 is 5.32 Å². The molecule has 0 radical (unpaired) electrons. The SMILES string of the molecule is O=C(NC1CCCCC1CCl)c1ccnc2ccccc12. The lowest BCUT2D eigenvalue weighted by Crippen LogP contribution is -2.42. The predicted molar refractivity (Wildman–Crippen MR) is 85.7 cm³/mol. The van der Waals surface area contributed by atoms with Crippen LogP contribution in [0, 0.1) is 5.92 Å². The van der Waals surface area contributed by atoms with Gasteiger partial charge in [-0.1, -0.05) is 31.0 Å². The molecule has 1 amide bonds. The summed E-state index contributed by atoms with van der Waals surface area (Å²) in [6.07, 6.45) is 6.19. The Hall–Kier alpha value is -1.61. The van der Waals surface area contributed by atoms with Gasteiger partial charge in [0.05, 0.1) is 11.1 Å². The first kappa shape index (κ1) is 14.3. The van der Waals surface area contributed by atoms with E-state index in [1.54, 1.807) is 12.3 Å². The number of alkyl halides is 1. The summed E-state index contributed by atoms with van der Waals surface area (Å²) in [6.45, 7) is 0. The number of nitrogens with one attached hydrogen (secondary N) is 1. The van der Waals surface area contributed by atoms with Gasteiger partial charge in [0.2, 0.25) is 0 Å². The molecule has 1 aromatic heterocycles. The lowest BCUT2D eigenvalue weighted by Gasteiger charge is -2.30. The van der Waals surface area contributed by atoms with Crippen molar-refractivity contribution in [3.8, 4) is 0 Å². The van der Waals surface area contributed by atoms with E-state index in [0.29, 0.717) is 17.4 Å². The first-order chi connectivity index (χ1) is 10.3. The van der Waals surface area contributed by atoms with Crippen LogP contribution in [-0.4, -0.2) is 22.8 Å². The third kappa shape index (κ3) is 3.03. The van der Waals surface area contributed by atoms with E-state index in [4.69, 9.17) is 11.6 Å². The van der Waals surface area contributed by atoms with E-state index in [2.05, 4.69) is 10.3 Å². The van der Waals surface area contributed by atoms with Crippen LogP contribution in [0.25, 0.3) is 10.9 Å². The largest absolute Gasteiger partial charge is 0.349 e. The molecule has 0 aliphatic heterocycles. The molecule has 110 valence electrons. The molecule has 0 saturated heterocycles. The van der Waals surface area contributed by atoms with Crippen LogP contribution in [0.2, 0.25) is 0 Å². The van der Waals surface area contributed by atoms with E-state index in [-0.39, 0.29) is 11.9 Å². The van der Waals surface area contributed by atoms with Crippen molar-refractivity contribution in [2.75, 3.05) is 5.88 Å². The number of nitrogens with zero attached hydrogens (tertiary/aromatic N) is 1. The number of pyridine rings is 1. The number of aromatic nitrogens is 1. The second-order valence-electron chi connectivity index (χ2n) is 5.65. The van der Waals surface area contributed by atoms with E-state index in [0.717, 1.165) is 30.2 Å². The zero-order valence-electron chi connectivity index (χ0n) is 11.9. The monoisotopic (exact) mass is 302 g/mol. The van der Waals surface area contributed by atoms with Gasteiger partial charge in [-0.2, -0.15) is 0 Å². The Morgan fingerprint density at radius 2 is 2.05 bits per heavy atom. The number of halogens is 1. The molecular formula is C17H19ClN2O. The van der Waals surface area contributed by atoms with E-state index >= 15 is 0 Å². The summed E-state index contributed by atoms with van der Waals surface area (Å²) >= 11 is 6.04. The van der Waals surface area contributed by atoms with Crippen LogP contribution in [-0.2, 0) is 0 Å².